The van der Waals surface area contributed by atoms with Gasteiger partial charge < -0.3 is 42.6 Å². The highest BCUT2D eigenvalue weighted by Crippen LogP contribution is 2.15. The molecule has 0 aromatic carbocycles. The van der Waals surface area contributed by atoms with E-state index in [4.69, 9.17) is 54.2 Å². The van der Waals surface area contributed by atoms with Crippen molar-refractivity contribution in [1.29, 1.82) is 0 Å². The van der Waals surface area contributed by atoms with Crippen molar-refractivity contribution in [2.45, 2.75) is 25.4 Å². The zero-order valence-electron chi connectivity index (χ0n) is 19.7. The van der Waals surface area contributed by atoms with E-state index in [9.17, 15) is 0 Å². The van der Waals surface area contributed by atoms with E-state index in [1.165, 1.54) is 0 Å². The lowest BCUT2D eigenvalue weighted by molar-refractivity contribution is -0.177. The summed E-state index contributed by atoms with van der Waals surface area (Å²) in [5.74, 6) is 0.480. The first-order valence-corrected chi connectivity index (χ1v) is 12.2. The molecule has 0 bridgehead atoms. The fourth-order valence-electron chi connectivity index (χ4n) is 2.74. The highest BCUT2D eigenvalue weighted by molar-refractivity contribution is 6.17. The topological polar surface area (TPSA) is 83.1 Å². The molecule has 9 nitrogen and oxygen atoms in total. The molecule has 0 unspecified atom stereocenters. The molecule has 0 aromatic heterocycles. The largest absolute Gasteiger partial charge is 0.378 e. The Bertz CT molecular complexity index is 374. The normalized spacial score (nSPS) is 19.7. The fraction of sp³-hybridized carbons (Fsp3) is 1.00. The molecule has 1 aliphatic heterocycles. The number of ether oxygens (including phenoxy) is 9. The Kier molecular flexibility index (Phi) is 21.3. The number of halogens is 1. The monoisotopic (exact) mass is 486 g/mol. The molecule has 0 aromatic rings. The van der Waals surface area contributed by atoms with E-state index in [0.717, 1.165) is 12.8 Å². The molecule has 0 amide bonds. The molecule has 10 heteroatoms. The summed E-state index contributed by atoms with van der Waals surface area (Å²) in [6, 6.07) is 0. The van der Waals surface area contributed by atoms with E-state index in [1.54, 1.807) is 0 Å². The van der Waals surface area contributed by atoms with Gasteiger partial charge in [0.1, 0.15) is 5.60 Å². The average molecular weight is 487 g/mol. The fourth-order valence-corrected chi connectivity index (χ4v) is 2.85. The van der Waals surface area contributed by atoms with E-state index < -0.39 is 5.60 Å². The molecule has 0 N–H and O–H groups in total. The molecule has 192 valence electrons. The van der Waals surface area contributed by atoms with Crippen LogP contribution in [0.5, 0.6) is 0 Å². The predicted molar refractivity (Wildman–Crippen MR) is 121 cm³/mol. The Morgan fingerprint density at radius 2 is 1.12 bits per heavy atom. The van der Waals surface area contributed by atoms with Gasteiger partial charge in [0.15, 0.2) is 0 Å². The number of hydrogen-bond donors (Lipinski definition) is 0. The molecule has 0 saturated carbocycles. The maximum Gasteiger partial charge on any atom is 0.138 e. The number of unbranched alkanes of at least 4 members (excludes halogenated alkanes) is 1. The number of hydrogen-bond acceptors (Lipinski definition) is 9. The molecule has 0 atom stereocenters. The van der Waals surface area contributed by atoms with Gasteiger partial charge in [-0.1, -0.05) is 13.3 Å². The van der Waals surface area contributed by atoms with Gasteiger partial charge in [-0.3, -0.25) is 0 Å². The van der Waals surface area contributed by atoms with Gasteiger partial charge in [-0.05, 0) is 6.42 Å². The second-order valence-electron chi connectivity index (χ2n) is 7.29. The Labute approximate surface area is 198 Å². The van der Waals surface area contributed by atoms with Gasteiger partial charge in [-0.15, -0.1) is 11.6 Å². The Balaban J connectivity index is 2.53. The molecular formula is C22H43ClO9. The standard InChI is InChI=1S/C22H43ClO9/c1-2-3-5-29-19-22(32-18-17-28-8-7-24-6-4-23)20-30-15-13-26-11-9-25-10-12-27-14-16-31-21-22/h2-21H2,1H3. The van der Waals surface area contributed by atoms with Crippen LogP contribution in [0, 0.1) is 0 Å². The van der Waals surface area contributed by atoms with Crippen molar-refractivity contribution < 1.29 is 42.6 Å². The molecule has 32 heavy (non-hydrogen) atoms. The number of rotatable bonds is 14. The highest BCUT2D eigenvalue weighted by Gasteiger charge is 2.33. The van der Waals surface area contributed by atoms with E-state index in [2.05, 4.69) is 6.92 Å². The van der Waals surface area contributed by atoms with E-state index in [-0.39, 0.29) is 0 Å². The third-order valence-electron chi connectivity index (χ3n) is 4.46. The quantitative estimate of drug-likeness (QED) is 0.270. The molecule has 1 fully saturated rings. The average Bonchev–Trinajstić information content (AvgIpc) is 2.80. The van der Waals surface area contributed by atoms with Gasteiger partial charge in [0.2, 0.25) is 0 Å². The predicted octanol–water partition coefficient (Wildman–Crippen LogP) is 1.93. The summed E-state index contributed by atoms with van der Waals surface area (Å²) in [6.45, 7) is 10.2. The van der Waals surface area contributed by atoms with Gasteiger partial charge in [0, 0.05) is 12.5 Å². The van der Waals surface area contributed by atoms with Gasteiger partial charge >= 0.3 is 0 Å². The molecular weight excluding hydrogens is 444 g/mol. The minimum absolute atomic E-state index is 0.332. The van der Waals surface area contributed by atoms with Gasteiger partial charge in [0.05, 0.1) is 106 Å². The lowest BCUT2D eigenvalue weighted by atomic mass is 10.1. The molecule has 1 rings (SSSR count). The highest BCUT2D eigenvalue weighted by atomic mass is 35.5. The van der Waals surface area contributed by atoms with Crippen molar-refractivity contribution in [1.82, 2.24) is 0 Å². The molecule has 1 aliphatic rings. The first-order chi connectivity index (χ1) is 15.8. The van der Waals surface area contributed by atoms with Crippen LogP contribution in [0.1, 0.15) is 19.8 Å². The van der Waals surface area contributed by atoms with E-state index in [1.807, 2.05) is 0 Å². The smallest absolute Gasteiger partial charge is 0.138 e. The first kappa shape index (κ1) is 30.0. The first-order valence-electron chi connectivity index (χ1n) is 11.6. The van der Waals surface area contributed by atoms with Crippen molar-refractivity contribution in [3.63, 3.8) is 0 Å². The molecule has 1 saturated heterocycles. The third kappa shape index (κ3) is 17.4. The maximum absolute atomic E-state index is 6.22. The van der Waals surface area contributed by atoms with Crippen LogP contribution in [0.15, 0.2) is 0 Å². The SMILES string of the molecule is CCCCOCC1(OCCOCCOCCCl)COCCOCCOCCOCCOC1. The van der Waals surface area contributed by atoms with E-state index in [0.29, 0.717) is 118 Å². The van der Waals surface area contributed by atoms with Gasteiger partial charge in [0.25, 0.3) is 0 Å². The Morgan fingerprint density at radius 3 is 1.66 bits per heavy atom. The molecule has 0 radical (unpaired) electrons. The second-order valence-corrected chi connectivity index (χ2v) is 7.67. The van der Waals surface area contributed by atoms with Crippen molar-refractivity contribution in [3.8, 4) is 0 Å². The van der Waals surface area contributed by atoms with Crippen molar-refractivity contribution in [2.75, 3.05) is 118 Å². The second kappa shape index (κ2) is 22.7. The summed E-state index contributed by atoms with van der Waals surface area (Å²) in [7, 11) is 0. The minimum atomic E-state index is -0.730. The lowest BCUT2D eigenvalue weighted by Gasteiger charge is -2.33. The van der Waals surface area contributed by atoms with Gasteiger partial charge in [-0.25, -0.2) is 0 Å². The molecule has 0 spiro atoms. The van der Waals surface area contributed by atoms with Crippen LogP contribution in [0.25, 0.3) is 0 Å². The van der Waals surface area contributed by atoms with Crippen LogP contribution in [0.2, 0.25) is 0 Å². The summed E-state index contributed by atoms with van der Waals surface area (Å²) >= 11 is 5.58. The molecule has 0 aliphatic carbocycles. The van der Waals surface area contributed by atoms with Crippen molar-refractivity contribution in [3.05, 3.63) is 0 Å². The number of alkyl halides is 1. The van der Waals surface area contributed by atoms with E-state index >= 15 is 0 Å². The molecule has 1 heterocycles. The maximum atomic E-state index is 6.22. The zero-order valence-corrected chi connectivity index (χ0v) is 20.5. The van der Waals surface area contributed by atoms with Gasteiger partial charge in [-0.2, -0.15) is 0 Å². The zero-order chi connectivity index (χ0) is 23.0. The van der Waals surface area contributed by atoms with Crippen LogP contribution < -0.4 is 0 Å². The van der Waals surface area contributed by atoms with Crippen LogP contribution in [-0.2, 0) is 42.6 Å². The van der Waals surface area contributed by atoms with Crippen LogP contribution in [-0.4, -0.2) is 124 Å². The third-order valence-corrected chi connectivity index (χ3v) is 4.61. The Hall–Kier alpha value is -0.0700. The van der Waals surface area contributed by atoms with Crippen LogP contribution in [0.4, 0.5) is 0 Å². The van der Waals surface area contributed by atoms with Crippen LogP contribution in [0.3, 0.4) is 0 Å². The van der Waals surface area contributed by atoms with Crippen LogP contribution >= 0.6 is 11.6 Å². The summed E-state index contributed by atoms with van der Waals surface area (Å²) in [6.07, 6.45) is 2.06. The summed E-state index contributed by atoms with van der Waals surface area (Å²) in [5.41, 5.74) is -0.730. The minimum Gasteiger partial charge on any atom is -0.378 e. The van der Waals surface area contributed by atoms with Crippen molar-refractivity contribution in [2.24, 2.45) is 0 Å². The summed E-state index contributed by atoms with van der Waals surface area (Å²) in [4.78, 5) is 0. The lowest BCUT2D eigenvalue weighted by Crippen LogP contribution is -2.48. The summed E-state index contributed by atoms with van der Waals surface area (Å²) in [5, 5.41) is 0. The summed E-state index contributed by atoms with van der Waals surface area (Å²) < 4.78 is 51.3. The Morgan fingerprint density at radius 1 is 0.625 bits per heavy atom. The van der Waals surface area contributed by atoms with Crippen molar-refractivity contribution >= 4 is 11.6 Å².